The fourth-order valence-corrected chi connectivity index (χ4v) is 9.04. The smallest absolute Gasteiger partial charge is 0.304 e. The van der Waals surface area contributed by atoms with Gasteiger partial charge in [0.25, 0.3) is 0 Å². The molecule has 0 aliphatic carbocycles. The second-order valence-corrected chi connectivity index (χ2v) is 16.1. The van der Waals surface area contributed by atoms with Gasteiger partial charge in [0, 0.05) is 29.3 Å². The van der Waals surface area contributed by atoms with Gasteiger partial charge in [-0.1, -0.05) is 46.4 Å². The van der Waals surface area contributed by atoms with E-state index < -0.39 is 10.1 Å². The largest absolute Gasteiger partial charge is 0.451 e. The summed E-state index contributed by atoms with van der Waals surface area (Å²) in [7, 11) is -4.43. The van der Waals surface area contributed by atoms with Gasteiger partial charge in [0.2, 0.25) is 0 Å². The molecular weight excluding hydrogens is 778 g/mol. The Hall–Kier alpha value is -3.15. The topological polar surface area (TPSA) is 135 Å². The summed E-state index contributed by atoms with van der Waals surface area (Å²) in [5.74, 6) is 0. The highest BCUT2D eigenvalue weighted by atomic mass is 35.5. The Labute approximate surface area is 304 Å². The Bertz CT molecular complexity index is 2650. The number of thiophene rings is 2. The average Bonchev–Trinajstić information content (AvgIpc) is 3.86. The number of fused-ring (bicyclic) bond motifs is 6. The van der Waals surface area contributed by atoms with Gasteiger partial charge in [-0.05, 0) is 54.3 Å². The van der Waals surface area contributed by atoms with Crippen molar-refractivity contribution in [2.24, 2.45) is 0 Å². The highest BCUT2D eigenvalue weighted by Gasteiger charge is 2.26. The molecule has 252 valence electrons. The van der Waals surface area contributed by atoms with Crippen molar-refractivity contribution in [3.05, 3.63) is 85.4 Å². The molecule has 18 heteroatoms. The lowest BCUT2D eigenvalue weighted by molar-refractivity contribution is 0.0674. The molecule has 49 heavy (non-hydrogen) atoms. The SMILES string of the molecule is O=S(=O)(O)c1cc2oc3c(COCCCOCc4nn(-c5ccc(Cl)cc5Cl)c5c4oc4ccsc45)nn(-c4ccc(Cl)cc4Cl)c3c2s1. The van der Waals surface area contributed by atoms with Crippen molar-refractivity contribution in [2.45, 2.75) is 23.8 Å². The van der Waals surface area contributed by atoms with E-state index in [-0.39, 0.29) is 23.0 Å². The Morgan fingerprint density at radius 2 is 1.31 bits per heavy atom. The first-order valence-corrected chi connectivity index (χ1v) is 19.1. The van der Waals surface area contributed by atoms with Crippen molar-refractivity contribution in [2.75, 3.05) is 13.2 Å². The second kappa shape index (κ2) is 12.9. The van der Waals surface area contributed by atoms with Crippen LogP contribution >= 0.6 is 69.1 Å². The summed E-state index contributed by atoms with van der Waals surface area (Å²) in [5, 5.41) is 13.2. The van der Waals surface area contributed by atoms with Crippen LogP contribution in [0, 0.1) is 0 Å². The molecule has 0 spiro atoms. The van der Waals surface area contributed by atoms with E-state index >= 15 is 0 Å². The van der Waals surface area contributed by atoms with E-state index in [4.69, 9.17) is 69.8 Å². The van der Waals surface area contributed by atoms with Gasteiger partial charge in [-0.3, -0.25) is 4.55 Å². The zero-order valence-corrected chi connectivity index (χ0v) is 30.1. The van der Waals surface area contributed by atoms with E-state index in [1.807, 2.05) is 17.5 Å². The summed E-state index contributed by atoms with van der Waals surface area (Å²) in [6, 6.07) is 13.4. The molecule has 11 nitrogen and oxygen atoms in total. The Morgan fingerprint density at radius 3 is 1.86 bits per heavy atom. The number of halogens is 4. The number of hydrogen-bond donors (Lipinski definition) is 1. The molecule has 0 aliphatic heterocycles. The van der Waals surface area contributed by atoms with Gasteiger partial charge in [0.05, 0.1) is 39.3 Å². The van der Waals surface area contributed by atoms with Gasteiger partial charge in [-0.25, -0.2) is 9.36 Å². The summed E-state index contributed by atoms with van der Waals surface area (Å²) in [6.07, 6.45) is 0.567. The number of benzene rings is 2. The maximum atomic E-state index is 11.8. The number of aromatic nitrogens is 4. The minimum absolute atomic E-state index is 0.0939. The number of nitrogens with zero attached hydrogens (tertiary/aromatic N) is 4. The molecule has 1 N–H and O–H groups in total. The van der Waals surface area contributed by atoms with Gasteiger partial charge in [-0.2, -0.15) is 18.6 Å². The normalized spacial score (nSPS) is 12.5. The second-order valence-electron chi connectivity index (χ2n) is 10.8. The highest BCUT2D eigenvalue weighted by Crippen LogP contribution is 2.41. The first kappa shape index (κ1) is 33.0. The Kier molecular flexibility index (Phi) is 8.67. The van der Waals surface area contributed by atoms with Gasteiger partial charge in [0.15, 0.2) is 15.4 Å². The molecule has 0 radical (unpaired) electrons. The van der Waals surface area contributed by atoms with Crippen LogP contribution < -0.4 is 0 Å². The zero-order chi connectivity index (χ0) is 34.0. The molecule has 6 aromatic heterocycles. The summed E-state index contributed by atoms with van der Waals surface area (Å²) < 4.78 is 61.8. The maximum Gasteiger partial charge on any atom is 0.304 e. The van der Waals surface area contributed by atoms with Crippen LogP contribution in [0.3, 0.4) is 0 Å². The van der Waals surface area contributed by atoms with Gasteiger partial charge >= 0.3 is 10.1 Å². The molecule has 0 atom stereocenters. The van der Waals surface area contributed by atoms with E-state index in [9.17, 15) is 13.0 Å². The van der Waals surface area contributed by atoms with Crippen molar-refractivity contribution >= 4 is 122 Å². The standard InChI is InChI=1S/C31H20Cl4N4O7S3/c32-15-2-4-21(17(34)10-15)38-26-28(45-23-6-9-47-30(23)26)19(36-38)13-43-7-1-8-44-14-20-29-27(31-24(46-29)12-25(48-31)49(40,41)42)39(37-20)22-5-3-16(33)11-18(22)35/h2-6,9-12H,1,7-8,13-14H2,(H,40,41,42). The third-order valence-corrected chi connectivity index (χ3v) is 12.0. The quantitative estimate of drug-likeness (QED) is 0.100. The van der Waals surface area contributed by atoms with E-state index in [1.54, 1.807) is 51.0 Å². The van der Waals surface area contributed by atoms with E-state index in [0.717, 1.165) is 27.1 Å². The molecule has 0 saturated heterocycles. The van der Waals surface area contributed by atoms with E-state index in [1.165, 1.54) is 6.07 Å². The molecule has 8 aromatic rings. The maximum absolute atomic E-state index is 11.8. The van der Waals surface area contributed by atoms with Gasteiger partial charge in [0.1, 0.15) is 38.3 Å². The van der Waals surface area contributed by atoms with Crippen molar-refractivity contribution in [3.63, 3.8) is 0 Å². The zero-order valence-electron chi connectivity index (χ0n) is 24.7. The third-order valence-electron chi connectivity index (χ3n) is 7.56. The number of ether oxygens (including phenoxy) is 2. The third kappa shape index (κ3) is 6.03. The molecule has 0 amide bonds. The summed E-state index contributed by atoms with van der Waals surface area (Å²) in [6.45, 7) is 1.02. The van der Waals surface area contributed by atoms with Crippen molar-refractivity contribution in [1.82, 2.24) is 19.6 Å². The van der Waals surface area contributed by atoms with E-state index in [0.29, 0.717) is 83.9 Å². The number of furan rings is 2. The van der Waals surface area contributed by atoms with Crippen LogP contribution in [-0.2, 0) is 32.8 Å². The lowest BCUT2D eigenvalue weighted by Crippen LogP contribution is -2.04. The molecule has 2 aromatic carbocycles. The Morgan fingerprint density at radius 1 is 0.755 bits per heavy atom. The first-order chi connectivity index (χ1) is 23.6. The molecule has 6 heterocycles. The van der Waals surface area contributed by atoms with Crippen LogP contribution in [0.25, 0.3) is 54.1 Å². The van der Waals surface area contributed by atoms with E-state index in [2.05, 4.69) is 5.10 Å². The lowest BCUT2D eigenvalue weighted by atomic mass is 10.3. The molecule has 0 bridgehead atoms. The predicted octanol–water partition coefficient (Wildman–Crippen LogP) is 9.96. The van der Waals surface area contributed by atoms with Crippen molar-refractivity contribution < 1.29 is 31.3 Å². The molecule has 0 fully saturated rings. The summed E-state index contributed by atoms with van der Waals surface area (Å²) in [4.78, 5) is 0. The van der Waals surface area contributed by atoms with Crippen LogP contribution in [0.15, 0.2) is 67.0 Å². The van der Waals surface area contributed by atoms with Gasteiger partial charge in [-0.15, -0.1) is 22.7 Å². The number of rotatable bonds is 11. The van der Waals surface area contributed by atoms with Crippen molar-refractivity contribution in [3.8, 4) is 11.4 Å². The Balaban J connectivity index is 0.967. The van der Waals surface area contributed by atoms with Crippen LogP contribution in [0.5, 0.6) is 0 Å². The minimum atomic E-state index is -4.43. The molecule has 8 rings (SSSR count). The molecule has 0 saturated carbocycles. The monoisotopic (exact) mass is 796 g/mol. The fourth-order valence-electron chi connectivity index (χ4n) is 5.45. The molecule has 0 unspecified atom stereocenters. The van der Waals surface area contributed by atoms with Crippen LogP contribution in [0.4, 0.5) is 0 Å². The first-order valence-electron chi connectivity index (χ1n) is 14.4. The summed E-state index contributed by atoms with van der Waals surface area (Å²) >= 11 is 27.7. The lowest BCUT2D eigenvalue weighted by Gasteiger charge is -2.06. The minimum Gasteiger partial charge on any atom is -0.451 e. The fraction of sp³-hybridized carbons (Fsp3) is 0.161. The highest BCUT2D eigenvalue weighted by molar-refractivity contribution is 7.88. The number of hydrogen-bond acceptors (Lipinski definition) is 10. The predicted molar refractivity (Wildman–Crippen MR) is 191 cm³/mol. The average molecular weight is 799 g/mol. The molecular formula is C31H20Cl4N4O7S3. The van der Waals surface area contributed by atoms with Crippen LogP contribution in [0.2, 0.25) is 20.1 Å². The van der Waals surface area contributed by atoms with Crippen LogP contribution in [0.1, 0.15) is 17.8 Å². The van der Waals surface area contributed by atoms with Gasteiger partial charge < -0.3 is 18.3 Å². The molecule has 0 aliphatic rings. The summed E-state index contributed by atoms with van der Waals surface area (Å²) in [5.41, 5.74) is 5.68. The van der Waals surface area contributed by atoms with Crippen molar-refractivity contribution in [1.29, 1.82) is 0 Å². The van der Waals surface area contributed by atoms with Crippen LogP contribution in [-0.4, -0.2) is 45.7 Å².